The number of ether oxygens (including phenoxy) is 1. The second kappa shape index (κ2) is 6.53. The number of aromatic nitrogens is 2. The first-order chi connectivity index (χ1) is 9.09. The Morgan fingerprint density at radius 1 is 1.47 bits per heavy atom. The Labute approximate surface area is 120 Å². The second-order valence-corrected chi connectivity index (χ2v) is 5.88. The van der Waals surface area contributed by atoms with E-state index >= 15 is 0 Å². The van der Waals surface area contributed by atoms with Crippen molar-refractivity contribution in [2.45, 2.75) is 32.6 Å². The van der Waals surface area contributed by atoms with Crippen molar-refractivity contribution in [3.05, 3.63) is 17.0 Å². The zero-order chi connectivity index (χ0) is 13.8. The van der Waals surface area contributed by atoms with Gasteiger partial charge in [0.1, 0.15) is 17.3 Å². The van der Waals surface area contributed by atoms with E-state index in [1.165, 1.54) is 12.7 Å². The Morgan fingerprint density at radius 3 is 2.89 bits per heavy atom. The van der Waals surface area contributed by atoms with Crippen molar-refractivity contribution < 1.29 is 4.74 Å². The number of anilines is 1. The Morgan fingerprint density at radius 2 is 2.26 bits per heavy atom. The highest BCUT2D eigenvalue weighted by Crippen LogP contribution is 2.30. The molecule has 1 atom stereocenters. The molecule has 1 unspecified atom stereocenters. The molecular formula is C14H22ClN3O. The van der Waals surface area contributed by atoms with E-state index in [4.69, 9.17) is 16.3 Å². The van der Waals surface area contributed by atoms with Gasteiger partial charge in [-0.3, -0.25) is 0 Å². The Hall–Kier alpha value is -0.870. The molecule has 1 saturated heterocycles. The minimum atomic E-state index is 0.314. The van der Waals surface area contributed by atoms with Crippen LogP contribution in [0, 0.1) is 5.92 Å². The summed E-state index contributed by atoms with van der Waals surface area (Å²) in [4.78, 5) is 10.7. The smallest absolute Gasteiger partial charge is 0.138 e. The van der Waals surface area contributed by atoms with Crippen LogP contribution in [0.1, 0.15) is 38.2 Å². The summed E-state index contributed by atoms with van der Waals surface area (Å²) in [6, 6.07) is 0. The molecule has 1 fully saturated rings. The van der Waals surface area contributed by atoms with E-state index in [-0.39, 0.29) is 0 Å². The van der Waals surface area contributed by atoms with E-state index in [1.54, 1.807) is 0 Å². The van der Waals surface area contributed by atoms with Crippen molar-refractivity contribution in [2.24, 2.45) is 5.92 Å². The quantitative estimate of drug-likeness (QED) is 0.796. The maximum Gasteiger partial charge on any atom is 0.138 e. The molecule has 1 aliphatic rings. The molecular weight excluding hydrogens is 262 g/mol. The summed E-state index contributed by atoms with van der Waals surface area (Å²) in [6.45, 7) is 6.93. The summed E-state index contributed by atoms with van der Waals surface area (Å²) < 4.78 is 5.53. The maximum atomic E-state index is 6.21. The predicted molar refractivity (Wildman–Crippen MR) is 77.9 cm³/mol. The predicted octanol–water partition coefficient (Wildman–Crippen LogP) is 3.12. The van der Waals surface area contributed by atoms with Gasteiger partial charge in [0.2, 0.25) is 0 Å². The minimum Gasteiger partial charge on any atom is -0.381 e. The van der Waals surface area contributed by atoms with Gasteiger partial charge in [-0.25, -0.2) is 9.97 Å². The topological polar surface area (TPSA) is 38.2 Å². The lowest BCUT2D eigenvalue weighted by atomic mass is 10.0. The molecule has 0 spiro atoms. The SMILES string of the molecule is CC(C)c1c(Cl)ncnc1N(C)CC1CCCOC1. The van der Waals surface area contributed by atoms with Gasteiger partial charge in [0, 0.05) is 25.8 Å². The molecule has 0 amide bonds. The van der Waals surface area contributed by atoms with E-state index < -0.39 is 0 Å². The van der Waals surface area contributed by atoms with Crippen molar-refractivity contribution in [1.29, 1.82) is 0 Å². The van der Waals surface area contributed by atoms with Gasteiger partial charge >= 0.3 is 0 Å². The Balaban J connectivity index is 2.13. The van der Waals surface area contributed by atoms with Crippen LogP contribution < -0.4 is 4.90 Å². The average Bonchev–Trinajstić information content (AvgIpc) is 2.39. The summed E-state index contributed by atoms with van der Waals surface area (Å²) in [5.74, 6) is 1.84. The Kier molecular flexibility index (Phi) is 4.99. The third-order valence-electron chi connectivity index (χ3n) is 3.54. The van der Waals surface area contributed by atoms with Gasteiger partial charge in [-0.05, 0) is 24.7 Å². The molecule has 19 heavy (non-hydrogen) atoms. The summed E-state index contributed by atoms with van der Waals surface area (Å²) in [5, 5.41) is 0.562. The summed E-state index contributed by atoms with van der Waals surface area (Å²) >= 11 is 6.21. The highest BCUT2D eigenvalue weighted by atomic mass is 35.5. The molecule has 1 aromatic heterocycles. The lowest BCUT2D eigenvalue weighted by Gasteiger charge is -2.29. The van der Waals surface area contributed by atoms with Crippen LogP contribution in [0.4, 0.5) is 5.82 Å². The van der Waals surface area contributed by atoms with E-state index in [0.29, 0.717) is 17.0 Å². The molecule has 0 aromatic carbocycles. The highest BCUT2D eigenvalue weighted by Gasteiger charge is 2.21. The standard InChI is InChI=1S/C14H22ClN3O/c1-10(2)12-13(15)16-9-17-14(12)18(3)7-11-5-4-6-19-8-11/h9-11H,4-8H2,1-3H3. The lowest BCUT2D eigenvalue weighted by molar-refractivity contribution is 0.0576. The van der Waals surface area contributed by atoms with Crippen LogP contribution in [0.5, 0.6) is 0 Å². The van der Waals surface area contributed by atoms with Crippen molar-refractivity contribution in [3.8, 4) is 0 Å². The minimum absolute atomic E-state index is 0.314. The molecule has 0 bridgehead atoms. The van der Waals surface area contributed by atoms with Crippen molar-refractivity contribution in [1.82, 2.24) is 9.97 Å². The third-order valence-corrected chi connectivity index (χ3v) is 3.84. The largest absolute Gasteiger partial charge is 0.381 e. The zero-order valence-electron chi connectivity index (χ0n) is 11.9. The van der Waals surface area contributed by atoms with Crippen molar-refractivity contribution >= 4 is 17.4 Å². The summed E-state index contributed by atoms with van der Waals surface area (Å²) in [5.41, 5.74) is 1.03. The fourth-order valence-electron chi connectivity index (χ4n) is 2.59. The van der Waals surface area contributed by atoms with Crippen LogP contribution in [0.15, 0.2) is 6.33 Å². The second-order valence-electron chi connectivity index (χ2n) is 5.52. The number of hydrogen-bond donors (Lipinski definition) is 0. The average molecular weight is 284 g/mol. The molecule has 106 valence electrons. The first-order valence-electron chi connectivity index (χ1n) is 6.89. The zero-order valence-corrected chi connectivity index (χ0v) is 12.7. The normalized spacial score (nSPS) is 19.7. The molecule has 0 N–H and O–H groups in total. The number of nitrogens with zero attached hydrogens (tertiary/aromatic N) is 3. The van der Waals surface area contributed by atoms with Crippen LogP contribution in [-0.2, 0) is 4.74 Å². The lowest BCUT2D eigenvalue weighted by Crippen LogP contribution is -2.32. The molecule has 1 aromatic rings. The van der Waals surface area contributed by atoms with Crippen LogP contribution in [0.25, 0.3) is 0 Å². The maximum absolute atomic E-state index is 6.21. The van der Waals surface area contributed by atoms with E-state index in [0.717, 1.165) is 37.6 Å². The van der Waals surface area contributed by atoms with Gasteiger partial charge in [-0.2, -0.15) is 0 Å². The van der Waals surface area contributed by atoms with Gasteiger partial charge in [0.05, 0.1) is 6.61 Å². The van der Waals surface area contributed by atoms with Crippen LogP contribution in [-0.4, -0.2) is 36.8 Å². The highest BCUT2D eigenvalue weighted by molar-refractivity contribution is 6.30. The first kappa shape index (κ1) is 14.5. The van der Waals surface area contributed by atoms with E-state index in [1.807, 2.05) is 0 Å². The van der Waals surface area contributed by atoms with Crippen LogP contribution in [0.2, 0.25) is 5.15 Å². The molecule has 4 nitrogen and oxygen atoms in total. The summed E-state index contributed by atoms with van der Waals surface area (Å²) in [7, 11) is 2.07. The number of rotatable bonds is 4. The van der Waals surface area contributed by atoms with Gasteiger partial charge in [-0.15, -0.1) is 0 Å². The number of hydrogen-bond acceptors (Lipinski definition) is 4. The van der Waals surface area contributed by atoms with Crippen LogP contribution >= 0.6 is 11.6 Å². The van der Waals surface area contributed by atoms with Gasteiger partial charge in [-0.1, -0.05) is 25.4 Å². The Bertz CT molecular complexity index is 419. The van der Waals surface area contributed by atoms with Crippen molar-refractivity contribution in [2.75, 3.05) is 31.7 Å². The van der Waals surface area contributed by atoms with E-state index in [2.05, 4.69) is 35.8 Å². The van der Waals surface area contributed by atoms with Gasteiger partial charge < -0.3 is 9.64 Å². The monoisotopic (exact) mass is 283 g/mol. The number of halogens is 1. The first-order valence-corrected chi connectivity index (χ1v) is 7.26. The molecule has 0 saturated carbocycles. The third kappa shape index (κ3) is 3.57. The van der Waals surface area contributed by atoms with Crippen LogP contribution in [0.3, 0.4) is 0 Å². The molecule has 5 heteroatoms. The fourth-order valence-corrected chi connectivity index (χ4v) is 2.94. The summed E-state index contributed by atoms with van der Waals surface area (Å²) in [6.07, 6.45) is 3.91. The van der Waals surface area contributed by atoms with Crippen molar-refractivity contribution in [3.63, 3.8) is 0 Å². The molecule has 0 radical (unpaired) electrons. The molecule has 2 rings (SSSR count). The molecule has 1 aliphatic heterocycles. The molecule has 0 aliphatic carbocycles. The van der Waals surface area contributed by atoms with Gasteiger partial charge in [0.15, 0.2) is 0 Å². The fraction of sp³-hybridized carbons (Fsp3) is 0.714. The van der Waals surface area contributed by atoms with Gasteiger partial charge in [0.25, 0.3) is 0 Å². The van der Waals surface area contributed by atoms with E-state index in [9.17, 15) is 0 Å². The molecule has 2 heterocycles.